The summed E-state index contributed by atoms with van der Waals surface area (Å²) in [6, 6.07) is 18.5. The lowest BCUT2D eigenvalue weighted by Gasteiger charge is -2.11. The van der Waals surface area contributed by atoms with Gasteiger partial charge in [0.2, 0.25) is 0 Å². The zero-order chi connectivity index (χ0) is 21.3. The molecule has 0 radical (unpaired) electrons. The van der Waals surface area contributed by atoms with Gasteiger partial charge in [0.1, 0.15) is 11.6 Å². The van der Waals surface area contributed by atoms with Gasteiger partial charge in [0.05, 0.1) is 10.7 Å². The van der Waals surface area contributed by atoms with Crippen LogP contribution in [-0.4, -0.2) is 20.4 Å². The largest absolute Gasteiger partial charge is 0.305 e. The van der Waals surface area contributed by atoms with E-state index in [1.54, 1.807) is 30.5 Å². The number of aromatic nitrogens is 3. The Bertz CT molecular complexity index is 1220. The Morgan fingerprint density at radius 1 is 1.00 bits per heavy atom. The van der Waals surface area contributed by atoms with Crippen LogP contribution < -0.4 is 5.32 Å². The summed E-state index contributed by atoms with van der Waals surface area (Å²) in [5.41, 5.74) is 3.54. The molecule has 4 rings (SSSR count). The van der Waals surface area contributed by atoms with Gasteiger partial charge in [0.25, 0.3) is 5.91 Å². The van der Waals surface area contributed by atoms with Crippen LogP contribution in [0.3, 0.4) is 0 Å². The third-order valence-corrected chi connectivity index (χ3v) is 5.21. The van der Waals surface area contributed by atoms with E-state index in [1.165, 1.54) is 0 Å². The van der Waals surface area contributed by atoms with Gasteiger partial charge in [0.15, 0.2) is 5.69 Å². The predicted molar refractivity (Wildman–Crippen MR) is 121 cm³/mol. The van der Waals surface area contributed by atoms with Crippen molar-refractivity contribution in [3.63, 3.8) is 0 Å². The smallest absolute Gasteiger partial charge is 0.277 e. The van der Waals surface area contributed by atoms with Crippen LogP contribution >= 0.6 is 23.2 Å². The average molecular weight is 437 g/mol. The van der Waals surface area contributed by atoms with Gasteiger partial charge in [-0.25, -0.2) is 9.97 Å². The van der Waals surface area contributed by atoms with E-state index in [2.05, 4.69) is 15.3 Å². The molecule has 0 atom stereocenters. The molecule has 1 amide bonds. The molecule has 0 unspecified atom stereocenters. The second kappa shape index (κ2) is 8.30. The SMILES string of the molecule is Cc1ccc(NC(=O)c2nc(-c3ccc(Cl)cc3Cl)n(-c3ccccc3)c2C)nc1. The highest BCUT2D eigenvalue weighted by Crippen LogP contribution is 2.33. The maximum absolute atomic E-state index is 13.0. The van der Waals surface area contributed by atoms with Crippen molar-refractivity contribution in [2.45, 2.75) is 13.8 Å². The third-order valence-electron chi connectivity index (χ3n) is 4.66. The fourth-order valence-electron chi connectivity index (χ4n) is 3.18. The van der Waals surface area contributed by atoms with Crippen LogP contribution in [0.1, 0.15) is 21.7 Å². The normalized spacial score (nSPS) is 10.8. The molecule has 150 valence electrons. The minimum Gasteiger partial charge on any atom is -0.305 e. The first-order chi connectivity index (χ1) is 14.4. The van der Waals surface area contributed by atoms with Gasteiger partial charge in [-0.3, -0.25) is 9.36 Å². The number of imidazole rings is 1. The summed E-state index contributed by atoms with van der Waals surface area (Å²) in [7, 11) is 0. The Morgan fingerprint density at radius 2 is 1.77 bits per heavy atom. The van der Waals surface area contributed by atoms with E-state index >= 15 is 0 Å². The lowest BCUT2D eigenvalue weighted by Crippen LogP contribution is -2.15. The molecule has 0 fully saturated rings. The standard InChI is InChI=1S/C23H18Cl2N4O/c1-14-8-11-20(26-13-14)27-23(30)21-15(2)29(17-6-4-3-5-7-17)22(28-21)18-10-9-16(24)12-19(18)25/h3-13H,1-2H3,(H,26,27,30). The van der Waals surface area contributed by atoms with E-state index < -0.39 is 0 Å². The van der Waals surface area contributed by atoms with E-state index in [-0.39, 0.29) is 5.91 Å². The molecule has 0 aliphatic rings. The molecule has 5 nitrogen and oxygen atoms in total. The van der Waals surface area contributed by atoms with Gasteiger partial charge in [0, 0.05) is 22.5 Å². The minimum absolute atomic E-state index is 0.294. The second-order valence-electron chi connectivity index (χ2n) is 6.84. The summed E-state index contributed by atoms with van der Waals surface area (Å²) in [5, 5.41) is 3.80. The number of carbonyl (C=O) groups is 1. The molecule has 2 aromatic carbocycles. The number of rotatable bonds is 4. The highest BCUT2D eigenvalue weighted by atomic mass is 35.5. The van der Waals surface area contributed by atoms with E-state index in [0.717, 1.165) is 11.3 Å². The Labute approximate surface area is 184 Å². The van der Waals surface area contributed by atoms with E-state index in [0.29, 0.717) is 38.6 Å². The Balaban J connectivity index is 1.83. The molecule has 0 spiro atoms. The number of aryl methyl sites for hydroxylation is 1. The van der Waals surface area contributed by atoms with E-state index in [4.69, 9.17) is 23.2 Å². The highest BCUT2D eigenvalue weighted by Gasteiger charge is 2.23. The number of para-hydroxylation sites is 1. The van der Waals surface area contributed by atoms with Gasteiger partial charge in [-0.15, -0.1) is 0 Å². The van der Waals surface area contributed by atoms with Crippen molar-refractivity contribution in [3.8, 4) is 17.1 Å². The molecule has 0 aliphatic carbocycles. The molecule has 2 aromatic heterocycles. The van der Waals surface area contributed by atoms with Gasteiger partial charge >= 0.3 is 0 Å². The molecule has 0 bridgehead atoms. The Kier molecular flexibility index (Phi) is 5.57. The zero-order valence-electron chi connectivity index (χ0n) is 16.4. The summed E-state index contributed by atoms with van der Waals surface area (Å²) < 4.78 is 1.91. The number of halogens is 2. The van der Waals surface area contributed by atoms with Gasteiger partial charge in [-0.1, -0.05) is 47.5 Å². The number of anilines is 1. The predicted octanol–water partition coefficient (Wildman–Crippen LogP) is 6.11. The Hall–Kier alpha value is -3.15. The first kappa shape index (κ1) is 20.1. The second-order valence-corrected chi connectivity index (χ2v) is 7.68. The van der Waals surface area contributed by atoms with Crippen LogP contribution in [0, 0.1) is 13.8 Å². The molecule has 4 aromatic rings. The third kappa shape index (κ3) is 3.95. The molecule has 0 aliphatic heterocycles. The van der Waals surface area contributed by atoms with Crippen molar-refractivity contribution in [2.75, 3.05) is 5.32 Å². The number of carbonyl (C=O) groups excluding carboxylic acids is 1. The van der Waals surface area contributed by atoms with E-state index in [9.17, 15) is 4.79 Å². The number of nitrogens with zero attached hydrogens (tertiary/aromatic N) is 3. The van der Waals surface area contributed by atoms with Crippen LogP contribution in [0.15, 0.2) is 66.9 Å². The molecule has 2 heterocycles. The maximum Gasteiger partial charge on any atom is 0.277 e. The first-order valence-corrected chi connectivity index (χ1v) is 10.0. The van der Waals surface area contributed by atoms with Crippen molar-refractivity contribution in [3.05, 3.63) is 93.9 Å². The van der Waals surface area contributed by atoms with Crippen LogP contribution in [0.5, 0.6) is 0 Å². The molecular weight excluding hydrogens is 419 g/mol. The number of benzene rings is 2. The highest BCUT2D eigenvalue weighted by molar-refractivity contribution is 6.36. The molecule has 7 heteroatoms. The summed E-state index contributed by atoms with van der Waals surface area (Å²) in [4.78, 5) is 21.9. The molecule has 1 N–H and O–H groups in total. The van der Waals surface area contributed by atoms with Crippen molar-refractivity contribution < 1.29 is 4.79 Å². The van der Waals surface area contributed by atoms with Crippen molar-refractivity contribution >= 4 is 34.9 Å². The van der Waals surface area contributed by atoms with Crippen molar-refractivity contribution in [1.82, 2.24) is 14.5 Å². The zero-order valence-corrected chi connectivity index (χ0v) is 17.9. The summed E-state index contributed by atoms with van der Waals surface area (Å²) in [5.74, 6) is 0.678. The molecule has 30 heavy (non-hydrogen) atoms. The van der Waals surface area contributed by atoms with Gasteiger partial charge < -0.3 is 5.32 Å². The van der Waals surface area contributed by atoms with Crippen molar-refractivity contribution in [2.24, 2.45) is 0 Å². The topological polar surface area (TPSA) is 59.8 Å². The number of hydrogen-bond donors (Lipinski definition) is 1. The molecular formula is C23H18Cl2N4O. The number of hydrogen-bond acceptors (Lipinski definition) is 3. The van der Waals surface area contributed by atoms with Gasteiger partial charge in [-0.2, -0.15) is 0 Å². The van der Waals surface area contributed by atoms with Crippen LogP contribution in [-0.2, 0) is 0 Å². The van der Waals surface area contributed by atoms with Crippen LogP contribution in [0.25, 0.3) is 17.1 Å². The van der Waals surface area contributed by atoms with Crippen LogP contribution in [0.4, 0.5) is 5.82 Å². The first-order valence-electron chi connectivity index (χ1n) is 9.28. The lowest BCUT2D eigenvalue weighted by molar-refractivity contribution is 0.102. The maximum atomic E-state index is 13.0. The molecule has 0 saturated heterocycles. The minimum atomic E-state index is -0.343. The fraction of sp³-hybridized carbons (Fsp3) is 0.0870. The van der Waals surface area contributed by atoms with Crippen LogP contribution in [0.2, 0.25) is 10.0 Å². The summed E-state index contributed by atoms with van der Waals surface area (Å²) >= 11 is 12.5. The summed E-state index contributed by atoms with van der Waals surface area (Å²) in [6.07, 6.45) is 1.70. The Morgan fingerprint density at radius 3 is 2.43 bits per heavy atom. The monoisotopic (exact) mass is 436 g/mol. The lowest BCUT2D eigenvalue weighted by atomic mass is 10.2. The number of amides is 1. The van der Waals surface area contributed by atoms with Gasteiger partial charge in [-0.05, 0) is 55.8 Å². The number of nitrogens with one attached hydrogen (secondary N) is 1. The fourth-order valence-corrected chi connectivity index (χ4v) is 3.67. The molecule has 0 saturated carbocycles. The average Bonchev–Trinajstić information content (AvgIpc) is 3.07. The van der Waals surface area contributed by atoms with Crippen molar-refractivity contribution in [1.29, 1.82) is 0 Å². The number of pyridine rings is 1. The summed E-state index contributed by atoms with van der Waals surface area (Å²) in [6.45, 7) is 3.79. The quantitative estimate of drug-likeness (QED) is 0.419. The van der Waals surface area contributed by atoms with E-state index in [1.807, 2.05) is 54.8 Å².